The lowest BCUT2D eigenvalue weighted by atomic mass is 10.1. The molecule has 0 radical (unpaired) electrons. The number of benzene rings is 2. The molecule has 2 aromatic carbocycles. The minimum absolute atomic E-state index is 0.296. The largest absolute Gasteiger partial charge is 0.398 e. The molecule has 0 unspecified atom stereocenters. The standard InChI is InChI=1S/C16H14N2/c17-14-9-3-7-13-8-4-10-15(16(13)14)18-11-12-5-1-2-6-12/h1-12H,17H2. The van der Waals surface area contributed by atoms with Gasteiger partial charge in [-0.2, -0.15) is 0 Å². The topological polar surface area (TPSA) is 38.4 Å². The lowest BCUT2D eigenvalue weighted by Crippen LogP contribution is -1.90. The first kappa shape index (κ1) is 10.8. The molecule has 18 heavy (non-hydrogen) atoms. The van der Waals surface area contributed by atoms with Crippen molar-refractivity contribution in [2.75, 3.05) is 5.73 Å². The Labute approximate surface area is 106 Å². The Hall–Kier alpha value is -2.35. The number of aliphatic imine (C=N–C) groups is 1. The Balaban J connectivity index is 2.06. The molecule has 3 rings (SSSR count). The van der Waals surface area contributed by atoms with Crippen molar-refractivity contribution in [2.24, 2.45) is 10.9 Å². The molecule has 2 aromatic rings. The zero-order valence-corrected chi connectivity index (χ0v) is 9.95. The second-order valence-corrected chi connectivity index (χ2v) is 4.35. The molecule has 88 valence electrons. The molecule has 0 amide bonds. The number of hydrogen-bond acceptors (Lipinski definition) is 2. The Morgan fingerprint density at radius 1 is 1.00 bits per heavy atom. The van der Waals surface area contributed by atoms with E-state index in [0.29, 0.717) is 5.92 Å². The summed E-state index contributed by atoms with van der Waals surface area (Å²) in [5, 5.41) is 2.16. The van der Waals surface area contributed by atoms with Crippen LogP contribution in [0.2, 0.25) is 0 Å². The third kappa shape index (κ3) is 1.93. The maximum atomic E-state index is 6.04. The maximum Gasteiger partial charge on any atom is 0.0725 e. The van der Waals surface area contributed by atoms with Gasteiger partial charge in [0.05, 0.1) is 5.69 Å². The van der Waals surface area contributed by atoms with Crippen molar-refractivity contribution in [3.63, 3.8) is 0 Å². The summed E-state index contributed by atoms with van der Waals surface area (Å²) < 4.78 is 0. The van der Waals surface area contributed by atoms with Crippen LogP contribution in [0.5, 0.6) is 0 Å². The average molecular weight is 234 g/mol. The predicted molar refractivity (Wildman–Crippen MR) is 78.3 cm³/mol. The van der Waals surface area contributed by atoms with Gasteiger partial charge >= 0.3 is 0 Å². The minimum atomic E-state index is 0.296. The molecule has 0 spiro atoms. The van der Waals surface area contributed by atoms with Crippen molar-refractivity contribution in [2.45, 2.75) is 0 Å². The first-order chi connectivity index (χ1) is 8.84. The Morgan fingerprint density at radius 2 is 1.72 bits per heavy atom. The van der Waals surface area contributed by atoms with Crippen molar-refractivity contribution in [1.82, 2.24) is 0 Å². The van der Waals surface area contributed by atoms with E-state index in [1.165, 1.54) is 0 Å². The molecule has 0 heterocycles. The Morgan fingerprint density at radius 3 is 2.50 bits per heavy atom. The highest BCUT2D eigenvalue weighted by Gasteiger charge is 2.04. The summed E-state index contributed by atoms with van der Waals surface area (Å²) >= 11 is 0. The van der Waals surface area contributed by atoms with Gasteiger partial charge in [-0.1, -0.05) is 48.6 Å². The van der Waals surface area contributed by atoms with E-state index in [4.69, 9.17) is 5.73 Å². The second-order valence-electron chi connectivity index (χ2n) is 4.35. The summed E-state index contributed by atoms with van der Waals surface area (Å²) in [6.45, 7) is 0. The van der Waals surface area contributed by atoms with E-state index in [1.54, 1.807) is 0 Å². The van der Waals surface area contributed by atoms with Crippen molar-refractivity contribution < 1.29 is 0 Å². The Kier molecular flexibility index (Phi) is 2.69. The number of hydrogen-bond donors (Lipinski definition) is 1. The zero-order valence-electron chi connectivity index (χ0n) is 9.95. The third-order valence-electron chi connectivity index (χ3n) is 3.08. The van der Waals surface area contributed by atoms with E-state index in [2.05, 4.69) is 29.3 Å². The number of nitrogens with two attached hydrogens (primary N) is 1. The van der Waals surface area contributed by atoms with Crippen LogP contribution in [-0.2, 0) is 0 Å². The summed E-state index contributed by atoms with van der Waals surface area (Å²) in [6, 6.07) is 12.0. The fraction of sp³-hybridized carbons (Fsp3) is 0.0625. The molecule has 0 saturated carbocycles. The number of rotatable bonds is 2. The SMILES string of the molecule is Nc1cccc2cccc(N=CC3C=CC=C3)c12. The summed E-state index contributed by atoms with van der Waals surface area (Å²) in [7, 11) is 0. The van der Waals surface area contributed by atoms with Crippen LogP contribution in [0.1, 0.15) is 0 Å². The fourth-order valence-corrected chi connectivity index (χ4v) is 2.17. The van der Waals surface area contributed by atoms with Gasteiger partial charge in [-0.05, 0) is 17.5 Å². The van der Waals surface area contributed by atoms with Crippen molar-refractivity contribution >= 4 is 28.4 Å². The normalized spacial score (nSPS) is 15.1. The average Bonchev–Trinajstić information content (AvgIpc) is 2.89. The summed E-state index contributed by atoms with van der Waals surface area (Å²) in [5.74, 6) is 0.296. The molecule has 0 bridgehead atoms. The van der Waals surface area contributed by atoms with Gasteiger partial charge in [0.1, 0.15) is 0 Å². The van der Waals surface area contributed by atoms with Crippen LogP contribution < -0.4 is 5.73 Å². The maximum absolute atomic E-state index is 6.04. The van der Waals surface area contributed by atoms with Crippen LogP contribution in [0.15, 0.2) is 65.7 Å². The highest BCUT2D eigenvalue weighted by Crippen LogP contribution is 2.30. The fourth-order valence-electron chi connectivity index (χ4n) is 2.17. The van der Waals surface area contributed by atoms with Crippen molar-refractivity contribution in [1.29, 1.82) is 0 Å². The Bertz CT molecular complexity index is 649. The second kappa shape index (κ2) is 4.49. The van der Waals surface area contributed by atoms with Crippen LogP contribution in [-0.4, -0.2) is 6.21 Å². The number of anilines is 1. The lowest BCUT2D eigenvalue weighted by molar-refractivity contribution is 1.20. The van der Waals surface area contributed by atoms with Gasteiger partial charge in [-0.15, -0.1) is 0 Å². The van der Waals surface area contributed by atoms with E-state index < -0.39 is 0 Å². The number of nitrogens with zero attached hydrogens (tertiary/aromatic N) is 1. The molecular formula is C16H14N2. The first-order valence-electron chi connectivity index (χ1n) is 6.01. The number of nitrogen functional groups attached to an aromatic ring is 1. The van der Waals surface area contributed by atoms with E-state index in [-0.39, 0.29) is 0 Å². The first-order valence-corrected chi connectivity index (χ1v) is 6.01. The molecule has 2 N–H and O–H groups in total. The zero-order chi connectivity index (χ0) is 12.4. The molecule has 0 aliphatic heterocycles. The smallest absolute Gasteiger partial charge is 0.0725 e. The van der Waals surface area contributed by atoms with E-state index in [9.17, 15) is 0 Å². The molecule has 2 heteroatoms. The minimum Gasteiger partial charge on any atom is -0.398 e. The highest BCUT2D eigenvalue weighted by atomic mass is 14.7. The van der Waals surface area contributed by atoms with E-state index >= 15 is 0 Å². The molecule has 1 aliphatic carbocycles. The quantitative estimate of drug-likeness (QED) is 0.621. The molecule has 0 atom stereocenters. The van der Waals surface area contributed by atoms with Gasteiger partial charge in [0.25, 0.3) is 0 Å². The van der Waals surface area contributed by atoms with Crippen molar-refractivity contribution in [3.05, 3.63) is 60.7 Å². The van der Waals surface area contributed by atoms with Crippen LogP contribution in [0, 0.1) is 5.92 Å². The van der Waals surface area contributed by atoms with Gasteiger partial charge in [-0.3, -0.25) is 4.99 Å². The number of allylic oxidation sites excluding steroid dienone is 4. The van der Waals surface area contributed by atoms with Crippen molar-refractivity contribution in [3.8, 4) is 0 Å². The molecule has 0 fully saturated rings. The molecule has 1 aliphatic rings. The molecular weight excluding hydrogens is 220 g/mol. The summed E-state index contributed by atoms with van der Waals surface area (Å²) in [4.78, 5) is 4.57. The van der Waals surface area contributed by atoms with Crippen LogP contribution >= 0.6 is 0 Å². The van der Waals surface area contributed by atoms with Gasteiger partial charge in [0, 0.05) is 23.2 Å². The monoisotopic (exact) mass is 234 g/mol. The molecule has 0 aromatic heterocycles. The summed E-state index contributed by atoms with van der Waals surface area (Å²) in [6.07, 6.45) is 10.2. The van der Waals surface area contributed by atoms with E-state index in [1.807, 2.05) is 42.6 Å². The summed E-state index contributed by atoms with van der Waals surface area (Å²) in [5.41, 5.74) is 7.74. The molecule has 2 nitrogen and oxygen atoms in total. The van der Waals surface area contributed by atoms with Gasteiger partial charge in [-0.25, -0.2) is 0 Å². The molecule has 0 saturated heterocycles. The van der Waals surface area contributed by atoms with Crippen LogP contribution in [0.25, 0.3) is 10.8 Å². The third-order valence-corrected chi connectivity index (χ3v) is 3.08. The lowest BCUT2D eigenvalue weighted by Gasteiger charge is -2.05. The highest BCUT2D eigenvalue weighted by molar-refractivity contribution is 6.02. The van der Waals surface area contributed by atoms with Gasteiger partial charge in [0.15, 0.2) is 0 Å². The van der Waals surface area contributed by atoms with Crippen LogP contribution in [0.4, 0.5) is 11.4 Å². The van der Waals surface area contributed by atoms with Gasteiger partial charge in [0.2, 0.25) is 0 Å². The van der Waals surface area contributed by atoms with E-state index in [0.717, 1.165) is 22.1 Å². The number of fused-ring (bicyclic) bond motifs is 1. The predicted octanol–water partition coefficient (Wildman–Crippen LogP) is 3.87. The van der Waals surface area contributed by atoms with Gasteiger partial charge < -0.3 is 5.73 Å². The van der Waals surface area contributed by atoms with Crippen LogP contribution in [0.3, 0.4) is 0 Å².